The van der Waals surface area contributed by atoms with Gasteiger partial charge in [0.05, 0.1) is 7.11 Å². The van der Waals surface area contributed by atoms with E-state index in [2.05, 4.69) is 24.1 Å². The van der Waals surface area contributed by atoms with Gasteiger partial charge in [-0.2, -0.15) is 0 Å². The molecule has 1 aromatic rings. The Morgan fingerprint density at radius 3 is 2.67 bits per heavy atom. The van der Waals surface area contributed by atoms with Gasteiger partial charge in [-0.05, 0) is 49.9 Å². The molecule has 0 radical (unpaired) electrons. The number of hydrogen-bond acceptors (Lipinski definition) is 3. The van der Waals surface area contributed by atoms with E-state index in [0.29, 0.717) is 5.41 Å². The number of nitrogens with two attached hydrogens (primary N) is 1. The molecule has 0 amide bonds. The van der Waals surface area contributed by atoms with Crippen LogP contribution in [0.1, 0.15) is 18.4 Å². The number of hydrogen-bond donors (Lipinski definition) is 1. The molecule has 0 bridgehead atoms. The molecule has 100 valence electrons. The number of benzene rings is 1. The van der Waals surface area contributed by atoms with Crippen LogP contribution in [0.4, 0.5) is 0 Å². The smallest absolute Gasteiger partial charge is 0.122 e. The molecular formula is C15H24N2O. The Hall–Kier alpha value is -1.06. The molecule has 0 spiro atoms. The largest absolute Gasteiger partial charge is 0.496 e. The lowest BCUT2D eigenvalue weighted by Crippen LogP contribution is -2.32. The lowest BCUT2D eigenvalue weighted by molar-refractivity contribution is 0.268. The van der Waals surface area contributed by atoms with Gasteiger partial charge in [0.2, 0.25) is 0 Å². The number of likely N-dealkylation sites (N-methyl/N-ethyl adjacent to an activating group) is 1. The zero-order valence-electron chi connectivity index (χ0n) is 11.5. The van der Waals surface area contributed by atoms with Gasteiger partial charge < -0.3 is 15.4 Å². The Kier molecular flexibility index (Phi) is 4.25. The summed E-state index contributed by atoms with van der Waals surface area (Å²) in [5.74, 6) is 0.992. The SMILES string of the molecule is COc1ccccc1CCN(C)CC1(CN)CC1. The van der Waals surface area contributed by atoms with Crippen molar-refractivity contribution in [3.63, 3.8) is 0 Å². The van der Waals surface area contributed by atoms with Gasteiger partial charge in [0.15, 0.2) is 0 Å². The second-order valence-electron chi connectivity index (χ2n) is 5.50. The van der Waals surface area contributed by atoms with Gasteiger partial charge in [-0.1, -0.05) is 18.2 Å². The number of rotatable bonds is 7. The molecule has 1 saturated carbocycles. The van der Waals surface area contributed by atoms with Crippen LogP contribution in [-0.2, 0) is 6.42 Å². The standard InChI is InChI=1S/C15H24N2O/c1-17(12-15(11-16)8-9-15)10-7-13-5-3-4-6-14(13)18-2/h3-6H,7-12,16H2,1-2H3. The molecule has 0 heterocycles. The van der Waals surface area contributed by atoms with Crippen molar-refractivity contribution in [2.24, 2.45) is 11.1 Å². The van der Waals surface area contributed by atoms with Crippen molar-refractivity contribution >= 4 is 0 Å². The molecule has 0 aliphatic heterocycles. The number of nitrogens with zero attached hydrogens (tertiary/aromatic N) is 1. The summed E-state index contributed by atoms with van der Waals surface area (Å²) in [6.07, 6.45) is 3.62. The molecule has 2 rings (SSSR count). The van der Waals surface area contributed by atoms with Crippen molar-refractivity contribution in [3.8, 4) is 5.75 Å². The normalized spacial score (nSPS) is 16.9. The predicted octanol–water partition coefficient (Wildman–Crippen LogP) is 1.91. The molecule has 3 nitrogen and oxygen atoms in total. The van der Waals surface area contributed by atoms with E-state index in [4.69, 9.17) is 10.5 Å². The Morgan fingerprint density at radius 1 is 1.33 bits per heavy atom. The predicted molar refractivity (Wildman–Crippen MR) is 74.9 cm³/mol. The van der Waals surface area contributed by atoms with E-state index in [9.17, 15) is 0 Å². The molecule has 1 aliphatic rings. The minimum atomic E-state index is 0.426. The van der Waals surface area contributed by atoms with Crippen LogP contribution < -0.4 is 10.5 Å². The molecule has 1 aromatic carbocycles. The second kappa shape index (κ2) is 5.72. The van der Waals surface area contributed by atoms with Gasteiger partial charge in [0, 0.05) is 13.1 Å². The van der Waals surface area contributed by atoms with Gasteiger partial charge in [0.1, 0.15) is 5.75 Å². The molecule has 0 atom stereocenters. The topological polar surface area (TPSA) is 38.5 Å². The highest BCUT2D eigenvalue weighted by Crippen LogP contribution is 2.44. The second-order valence-corrected chi connectivity index (χ2v) is 5.50. The summed E-state index contributed by atoms with van der Waals surface area (Å²) in [5.41, 5.74) is 7.53. The molecule has 0 aromatic heterocycles. The van der Waals surface area contributed by atoms with Crippen LogP contribution in [0.3, 0.4) is 0 Å². The lowest BCUT2D eigenvalue weighted by Gasteiger charge is -2.22. The van der Waals surface area contributed by atoms with Crippen molar-refractivity contribution in [2.75, 3.05) is 33.8 Å². The first kappa shape index (κ1) is 13.4. The van der Waals surface area contributed by atoms with Gasteiger partial charge in [0.25, 0.3) is 0 Å². The van der Waals surface area contributed by atoms with Crippen LogP contribution in [-0.4, -0.2) is 38.7 Å². The molecular weight excluding hydrogens is 224 g/mol. The Morgan fingerprint density at radius 2 is 2.06 bits per heavy atom. The molecule has 18 heavy (non-hydrogen) atoms. The quantitative estimate of drug-likeness (QED) is 0.801. The summed E-state index contributed by atoms with van der Waals surface area (Å²) in [7, 11) is 3.92. The van der Waals surface area contributed by atoms with Gasteiger partial charge in [-0.15, -0.1) is 0 Å². The monoisotopic (exact) mass is 248 g/mol. The summed E-state index contributed by atoms with van der Waals surface area (Å²) < 4.78 is 5.37. The first-order valence-corrected chi connectivity index (χ1v) is 6.70. The van der Waals surface area contributed by atoms with Crippen molar-refractivity contribution < 1.29 is 4.74 Å². The van der Waals surface area contributed by atoms with E-state index >= 15 is 0 Å². The Labute approximate surface area is 110 Å². The first-order chi connectivity index (χ1) is 8.69. The van der Waals surface area contributed by atoms with Crippen LogP contribution in [0.25, 0.3) is 0 Å². The third-order valence-electron chi connectivity index (χ3n) is 3.95. The van der Waals surface area contributed by atoms with Crippen LogP contribution in [0.15, 0.2) is 24.3 Å². The number of ether oxygens (including phenoxy) is 1. The van der Waals surface area contributed by atoms with Crippen molar-refractivity contribution in [1.82, 2.24) is 4.90 Å². The maximum Gasteiger partial charge on any atom is 0.122 e. The van der Waals surface area contributed by atoms with Crippen LogP contribution >= 0.6 is 0 Å². The minimum absolute atomic E-state index is 0.426. The average molecular weight is 248 g/mol. The highest BCUT2D eigenvalue weighted by molar-refractivity contribution is 5.33. The fourth-order valence-corrected chi connectivity index (χ4v) is 2.48. The van der Waals surface area contributed by atoms with E-state index in [1.165, 1.54) is 18.4 Å². The number of methoxy groups -OCH3 is 1. The zero-order valence-corrected chi connectivity index (χ0v) is 11.5. The molecule has 1 aliphatic carbocycles. The van der Waals surface area contributed by atoms with Gasteiger partial charge in [-0.3, -0.25) is 0 Å². The highest BCUT2D eigenvalue weighted by atomic mass is 16.5. The maximum atomic E-state index is 5.82. The summed E-state index contributed by atoms with van der Waals surface area (Å²) >= 11 is 0. The van der Waals surface area contributed by atoms with Gasteiger partial charge >= 0.3 is 0 Å². The van der Waals surface area contributed by atoms with E-state index in [0.717, 1.165) is 31.8 Å². The third kappa shape index (κ3) is 3.24. The Bertz CT molecular complexity index is 388. The summed E-state index contributed by atoms with van der Waals surface area (Å²) in [4.78, 5) is 2.40. The molecule has 2 N–H and O–H groups in total. The summed E-state index contributed by atoms with van der Waals surface area (Å²) in [5, 5.41) is 0. The molecule has 1 fully saturated rings. The number of para-hydroxylation sites is 1. The van der Waals surface area contributed by atoms with Crippen molar-refractivity contribution in [3.05, 3.63) is 29.8 Å². The van der Waals surface area contributed by atoms with E-state index in [1.807, 2.05) is 12.1 Å². The van der Waals surface area contributed by atoms with Crippen LogP contribution in [0.2, 0.25) is 0 Å². The minimum Gasteiger partial charge on any atom is -0.496 e. The fourth-order valence-electron chi connectivity index (χ4n) is 2.48. The first-order valence-electron chi connectivity index (χ1n) is 6.70. The van der Waals surface area contributed by atoms with E-state index < -0.39 is 0 Å². The fraction of sp³-hybridized carbons (Fsp3) is 0.600. The zero-order chi connectivity index (χ0) is 13.0. The van der Waals surface area contributed by atoms with Crippen LogP contribution in [0, 0.1) is 5.41 Å². The van der Waals surface area contributed by atoms with Crippen LogP contribution in [0.5, 0.6) is 5.75 Å². The van der Waals surface area contributed by atoms with Crippen molar-refractivity contribution in [1.29, 1.82) is 0 Å². The maximum absolute atomic E-state index is 5.82. The summed E-state index contributed by atoms with van der Waals surface area (Å²) in [6.45, 7) is 3.01. The van der Waals surface area contributed by atoms with E-state index in [1.54, 1.807) is 7.11 Å². The molecule has 3 heteroatoms. The Balaban J connectivity index is 1.83. The third-order valence-corrected chi connectivity index (χ3v) is 3.95. The van der Waals surface area contributed by atoms with Crippen molar-refractivity contribution in [2.45, 2.75) is 19.3 Å². The average Bonchev–Trinajstić information content (AvgIpc) is 3.17. The lowest BCUT2D eigenvalue weighted by atomic mass is 10.1. The van der Waals surface area contributed by atoms with Gasteiger partial charge in [-0.25, -0.2) is 0 Å². The molecule has 0 saturated heterocycles. The summed E-state index contributed by atoms with van der Waals surface area (Å²) in [6, 6.07) is 8.25. The highest BCUT2D eigenvalue weighted by Gasteiger charge is 2.41. The van der Waals surface area contributed by atoms with E-state index in [-0.39, 0.29) is 0 Å². The molecule has 0 unspecified atom stereocenters.